The Morgan fingerprint density at radius 1 is 1.32 bits per heavy atom. The number of benzene rings is 1. The molecule has 0 fully saturated rings. The maximum absolute atomic E-state index is 11.6. The summed E-state index contributed by atoms with van der Waals surface area (Å²) < 4.78 is 38.7. The number of hydrogen-bond acceptors (Lipinski definition) is 3. The molecule has 0 heterocycles. The van der Waals surface area contributed by atoms with Gasteiger partial charge in [-0.1, -0.05) is 44.5 Å². The van der Waals surface area contributed by atoms with E-state index in [4.69, 9.17) is 16.0 Å². The fourth-order valence-electron chi connectivity index (χ4n) is 1.69. The molecule has 0 aromatic heterocycles. The van der Waals surface area contributed by atoms with E-state index in [0.29, 0.717) is 5.02 Å². The highest BCUT2D eigenvalue weighted by molar-refractivity contribution is 7.86. The fourth-order valence-corrected chi connectivity index (χ4v) is 3.72. The van der Waals surface area contributed by atoms with Crippen LogP contribution in [0.25, 0.3) is 0 Å². The van der Waals surface area contributed by atoms with Gasteiger partial charge in [0.2, 0.25) is 0 Å². The van der Waals surface area contributed by atoms with Crippen LogP contribution in [0.15, 0.2) is 24.3 Å². The summed E-state index contributed by atoms with van der Waals surface area (Å²) in [5.41, 5.74) is 0.758. The molecule has 7 heteroatoms. The lowest BCUT2D eigenvalue weighted by molar-refractivity contribution is 0.278. The van der Waals surface area contributed by atoms with Crippen LogP contribution in [0, 0.1) is 0 Å². The second-order valence-electron chi connectivity index (χ2n) is 7.04. The van der Waals surface area contributed by atoms with E-state index < -0.39 is 23.7 Å². The van der Waals surface area contributed by atoms with Gasteiger partial charge >= 0.3 is 0 Å². The first-order valence-corrected chi connectivity index (χ1v) is 12.0. The Labute approximate surface area is 139 Å². The molecule has 4 nitrogen and oxygen atoms in total. The highest BCUT2D eigenvalue weighted by Crippen LogP contribution is 2.36. The van der Waals surface area contributed by atoms with Crippen molar-refractivity contribution in [3.63, 3.8) is 0 Å². The standard InChI is InChI=1S/C15H25ClO4SSi/c1-15(2,3)22(4,5)20-11-14(21(17,18)19)10-12-7-6-8-13(16)9-12/h6-9,14H,10-11H2,1-5H3,(H,17,18,19)/t14-/m1/s1. The van der Waals surface area contributed by atoms with Crippen molar-refractivity contribution >= 4 is 30.0 Å². The molecule has 126 valence electrons. The molecule has 0 aliphatic rings. The highest BCUT2D eigenvalue weighted by Gasteiger charge is 2.38. The summed E-state index contributed by atoms with van der Waals surface area (Å²) in [6, 6.07) is 6.97. The van der Waals surface area contributed by atoms with Gasteiger partial charge in [-0.25, -0.2) is 0 Å². The summed E-state index contributed by atoms with van der Waals surface area (Å²) >= 11 is 5.92. The quantitative estimate of drug-likeness (QED) is 0.608. The lowest BCUT2D eigenvalue weighted by Gasteiger charge is -2.37. The van der Waals surface area contributed by atoms with Crippen molar-refractivity contribution in [1.82, 2.24) is 0 Å². The van der Waals surface area contributed by atoms with E-state index in [2.05, 4.69) is 20.8 Å². The monoisotopic (exact) mass is 364 g/mol. The van der Waals surface area contributed by atoms with Crippen molar-refractivity contribution in [2.75, 3.05) is 6.61 Å². The Morgan fingerprint density at radius 2 is 1.91 bits per heavy atom. The van der Waals surface area contributed by atoms with E-state index >= 15 is 0 Å². The van der Waals surface area contributed by atoms with Crippen molar-refractivity contribution in [2.24, 2.45) is 0 Å². The first kappa shape index (κ1) is 19.6. The topological polar surface area (TPSA) is 63.6 Å². The van der Waals surface area contributed by atoms with E-state index in [1.807, 2.05) is 13.1 Å². The van der Waals surface area contributed by atoms with E-state index in [1.165, 1.54) is 0 Å². The largest absolute Gasteiger partial charge is 0.415 e. The summed E-state index contributed by atoms with van der Waals surface area (Å²) in [6.45, 7) is 10.3. The molecule has 0 saturated heterocycles. The van der Waals surface area contributed by atoms with Gasteiger partial charge in [0.25, 0.3) is 10.1 Å². The van der Waals surface area contributed by atoms with Gasteiger partial charge in [-0.15, -0.1) is 0 Å². The Kier molecular flexibility index (Phi) is 6.26. The van der Waals surface area contributed by atoms with E-state index in [9.17, 15) is 13.0 Å². The molecule has 0 unspecified atom stereocenters. The second-order valence-corrected chi connectivity index (χ2v) is 14.0. The van der Waals surface area contributed by atoms with Crippen LogP contribution >= 0.6 is 11.6 Å². The minimum atomic E-state index is -4.19. The molecule has 0 aliphatic heterocycles. The molecule has 0 amide bonds. The highest BCUT2D eigenvalue weighted by atomic mass is 35.5. The normalized spacial score (nSPS) is 14.9. The van der Waals surface area contributed by atoms with Crippen LogP contribution in [0.2, 0.25) is 23.2 Å². The van der Waals surface area contributed by atoms with Gasteiger partial charge in [0, 0.05) is 5.02 Å². The summed E-state index contributed by atoms with van der Waals surface area (Å²) in [7, 11) is -6.27. The molecular weight excluding hydrogens is 340 g/mol. The molecule has 1 N–H and O–H groups in total. The van der Waals surface area contributed by atoms with Crippen LogP contribution in [-0.4, -0.2) is 33.1 Å². The predicted octanol–water partition coefficient (Wildman–Crippen LogP) is 4.16. The van der Waals surface area contributed by atoms with Crippen molar-refractivity contribution in [1.29, 1.82) is 0 Å². The third-order valence-corrected chi connectivity index (χ3v) is 10.1. The van der Waals surface area contributed by atoms with Gasteiger partial charge in [-0.05, 0) is 42.2 Å². The summed E-state index contributed by atoms with van der Waals surface area (Å²) in [5.74, 6) is 0. The third kappa shape index (κ3) is 5.66. The summed E-state index contributed by atoms with van der Waals surface area (Å²) in [4.78, 5) is 0. The third-order valence-electron chi connectivity index (χ3n) is 4.21. The van der Waals surface area contributed by atoms with Crippen LogP contribution in [0.4, 0.5) is 0 Å². The molecular formula is C15H25ClO4SSi. The maximum Gasteiger partial charge on any atom is 0.270 e. The summed E-state index contributed by atoms with van der Waals surface area (Å²) in [6.07, 6.45) is 0.175. The zero-order chi connectivity index (χ0) is 17.2. The molecule has 0 radical (unpaired) electrons. The lowest BCUT2D eigenvalue weighted by atomic mass is 10.1. The smallest absolute Gasteiger partial charge is 0.270 e. The van der Waals surface area contributed by atoms with Crippen LogP contribution in [0.1, 0.15) is 26.3 Å². The predicted molar refractivity (Wildman–Crippen MR) is 93.6 cm³/mol. The molecule has 0 bridgehead atoms. The SMILES string of the molecule is CC(C)(C)[Si](C)(C)OC[C@@H](Cc1cccc(Cl)c1)S(=O)(=O)O. The molecule has 1 aromatic carbocycles. The molecule has 0 spiro atoms. The number of rotatable bonds is 6. The van der Waals surface area contributed by atoms with Gasteiger partial charge in [0.05, 0.1) is 6.61 Å². The molecule has 1 atom stereocenters. The molecule has 0 saturated carbocycles. The van der Waals surface area contributed by atoms with Crippen molar-refractivity contribution in [3.8, 4) is 0 Å². The maximum atomic E-state index is 11.6. The van der Waals surface area contributed by atoms with E-state index in [1.54, 1.807) is 24.3 Å². The van der Waals surface area contributed by atoms with Crippen molar-refractivity contribution in [3.05, 3.63) is 34.9 Å². The minimum absolute atomic E-state index is 0.0121. The molecule has 1 aromatic rings. The van der Waals surface area contributed by atoms with Gasteiger partial charge in [0.1, 0.15) is 5.25 Å². The van der Waals surface area contributed by atoms with Crippen LogP contribution in [0.5, 0.6) is 0 Å². The second kappa shape index (κ2) is 7.01. The minimum Gasteiger partial charge on any atom is -0.415 e. The van der Waals surface area contributed by atoms with Crippen LogP contribution < -0.4 is 0 Å². The summed E-state index contributed by atoms with van der Waals surface area (Å²) in [5, 5.41) is -0.468. The van der Waals surface area contributed by atoms with Crippen LogP contribution in [0.3, 0.4) is 0 Å². The van der Waals surface area contributed by atoms with Crippen molar-refractivity contribution < 1.29 is 17.4 Å². The fraction of sp³-hybridized carbons (Fsp3) is 0.600. The molecule has 22 heavy (non-hydrogen) atoms. The molecule has 1 rings (SSSR count). The average Bonchev–Trinajstić information content (AvgIpc) is 2.31. The van der Waals surface area contributed by atoms with E-state index in [0.717, 1.165) is 5.56 Å². The Hall–Kier alpha value is -0.403. The Morgan fingerprint density at radius 3 is 2.36 bits per heavy atom. The van der Waals surface area contributed by atoms with Gasteiger partial charge in [-0.2, -0.15) is 8.42 Å². The zero-order valence-electron chi connectivity index (χ0n) is 13.8. The number of halogens is 1. The first-order chi connectivity index (χ1) is 9.83. The Bertz CT molecular complexity index is 608. The average molecular weight is 365 g/mol. The Balaban J connectivity index is 2.88. The van der Waals surface area contributed by atoms with Gasteiger partial charge in [-0.3, -0.25) is 4.55 Å². The molecule has 0 aliphatic carbocycles. The van der Waals surface area contributed by atoms with Crippen LogP contribution in [-0.2, 0) is 21.0 Å². The zero-order valence-corrected chi connectivity index (χ0v) is 16.3. The van der Waals surface area contributed by atoms with Crippen molar-refractivity contribution in [2.45, 2.75) is 50.6 Å². The van der Waals surface area contributed by atoms with E-state index in [-0.39, 0.29) is 18.1 Å². The van der Waals surface area contributed by atoms with Gasteiger partial charge < -0.3 is 4.43 Å². The number of hydrogen-bond donors (Lipinski definition) is 1. The lowest BCUT2D eigenvalue weighted by Crippen LogP contribution is -2.44. The van der Waals surface area contributed by atoms with Gasteiger partial charge in [0.15, 0.2) is 8.32 Å². The first-order valence-electron chi connectivity index (χ1n) is 7.17.